The van der Waals surface area contributed by atoms with Crippen LogP contribution in [0.4, 0.5) is 32.0 Å². The molecule has 0 saturated carbocycles. The molecule has 3 aromatic rings. The normalized spacial score (nSPS) is 12.1. The van der Waals surface area contributed by atoms with Gasteiger partial charge in [-0.15, -0.1) is 5.10 Å². The molecule has 1 N–H and O–H groups in total. The van der Waals surface area contributed by atoms with Crippen LogP contribution < -0.4 is 5.32 Å². The first-order chi connectivity index (χ1) is 13.4. The van der Waals surface area contributed by atoms with E-state index in [0.29, 0.717) is 23.5 Å². The summed E-state index contributed by atoms with van der Waals surface area (Å²) in [6.45, 7) is 0. The third kappa shape index (κ3) is 4.52. The summed E-state index contributed by atoms with van der Waals surface area (Å²) in [5.41, 5.74) is -3.15. The highest BCUT2D eigenvalue weighted by Gasteiger charge is 2.37. The van der Waals surface area contributed by atoms with Crippen molar-refractivity contribution in [1.29, 1.82) is 0 Å². The molecule has 2 aromatic carbocycles. The zero-order valence-electron chi connectivity index (χ0n) is 14.5. The van der Waals surface area contributed by atoms with Gasteiger partial charge in [-0.25, -0.2) is 4.68 Å². The molecule has 1 amide bonds. The third-order valence-corrected chi connectivity index (χ3v) is 3.87. The number of benzene rings is 2. The average Bonchev–Trinajstić information content (AvgIpc) is 3.06. The number of aromatic nitrogens is 4. The molecule has 0 spiro atoms. The number of alkyl halides is 6. The number of carbonyl (C=O) groups excluding carboxylic acids is 1. The lowest BCUT2D eigenvalue weighted by molar-refractivity contribution is -0.143. The quantitative estimate of drug-likeness (QED) is 0.652. The van der Waals surface area contributed by atoms with E-state index >= 15 is 0 Å². The van der Waals surface area contributed by atoms with Gasteiger partial charge in [-0.2, -0.15) is 26.3 Å². The number of anilines is 1. The van der Waals surface area contributed by atoms with Crippen LogP contribution in [0.1, 0.15) is 21.5 Å². The number of aryl methyl sites for hydroxylation is 1. The van der Waals surface area contributed by atoms with E-state index < -0.39 is 35.0 Å². The molecule has 12 heteroatoms. The van der Waals surface area contributed by atoms with E-state index in [1.807, 2.05) is 0 Å². The molecule has 0 bridgehead atoms. The van der Waals surface area contributed by atoms with Gasteiger partial charge in [0.2, 0.25) is 0 Å². The van der Waals surface area contributed by atoms with Gasteiger partial charge in [0, 0.05) is 23.9 Å². The van der Waals surface area contributed by atoms with E-state index in [4.69, 9.17) is 0 Å². The second-order valence-corrected chi connectivity index (χ2v) is 5.95. The molecule has 0 aliphatic heterocycles. The number of tetrazole rings is 1. The highest BCUT2D eigenvalue weighted by Crippen LogP contribution is 2.36. The molecule has 0 unspecified atom stereocenters. The van der Waals surface area contributed by atoms with Crippen LogP contribution in [-0.2, 0) is 19.4 Å². The summed E-state index contributed by atoms with van der Waals surface area (Å²) in [6, 6.07) is 6.60. The average molecular weight is 415 g/mol. The summed E-state index contributed by atoms with van der Waals surface area (Å²) >= 11 is 0. The number of nitrogens with zero attached hydrogens (tertiary/aromatic N) is 4. The highest BCUT2D eigenvalue weighted by atomic mass is 19.4. The van der Waals surface area contributed by atoms with Crippen LogP contribution in [0.25, 0.3) is 11.4 Å². The number of hydrogen-bond acceptors (Lipinski definition) is 4. The van der Waals surface area contributed by atoms with Gasteiger partial charge in [0.15, 0.2) is 5.82 Å². The molecule has 1 aromatic heterocycles. The van der Waals surface area contributed by atoms with Crippen molar-refractivity contribution in [3.63, 3.8) is 0 Å². The predicted molar refractivity (Wildman–Crippen MR) is 88.6 cm³/mol. The second-order valence-electron chi connectivity index (χ2n) is 5.95. The number of amides is 1. The Kier molecular flexibility index (Phi) is 5.03. The van der Waals surface area contributed by atoms with Gasteiger partial charge in [0.25, 0.3) is 5.91 Å². The van der Waals surface area contributed by atoms with E-state index in [9.17, 15) is 31.1 Å². The molecule has 0 radical (unpaired) electrons. The minimum absolute atomic E-state index is 0.0412. The standard InChI is InChI=1S/C17H11F6N5O/c1-28-14(25-26-27-28)9-2-4-13(5-3-9)24-15(29)10-6-11(16(18,19)20)8-12(7-10)17(21,22)23/h2-8H,1H3,(H,24,29). The van der Waals surface area contributed by atoms with Crippen molar-refractivity contribution < 1.29 is 31.1 Å². The lowest BCUT2D eigenvalue weighted by Crippen LogP contribution is -2.17. The summed E-state index contributed by atoms with van der Waals surface area (Å²) < 4.78 is 78.9. The van der Waals surface area contributed by atoms with Crippen molar-refractivity contribution in [2.45, 2.75) is 12.4 Å². The Labute approximate surface area is 159 Å². The van der Waals surface area contributed by atoms with Crippen LogP contribution in [-0.4, -0.2) is 26.1 Å². The molecule has 152 valence electrons. The minimum Gasteiger partial charge on any atom is -0.322 e. The molecule has 0 fully saturated rings. The van der Waals surface area contributed by atoms with Crippen LogP contribution >= 0.6 is 0 Å². The summed E-state index contributed by atoms with van der Waals surface area (Å²) in [6.07, 6.45) is -10.1. The molecule has 3 rings (SSSR count). The first-order valence-electron chi connectivity index (χ1n) is 7.89. The van der Waals surface area contributed by atoms with Gasteiger partial charge in [0.05, 0.1) is 11.1 Å². The summed E-state index contributed by atoms with van der Waals surface area (Å²) in [4.78, 5) is 12.3. The zero-order chi connectivity index (χ0) is 21.4. The van der Waals surface area contributed by atoms with E-state index in [1.165, 1.54) is 28.9 Å². The lowest BCUT2D eigenvalue weighted by Gasteiger charge is -2.14. The van der Waals surface area contributed by atoms with Crippen molar-refractivity contribution in [2.75, 3.05) is 5.32 Å². The molecular formula is C17H11F6N5O. The van der Waals surface area contributed by atoms with Gasteiger partial charge in [-0.1, -0.05) is 0 Å². The van der Waals surface area contributed by atoms with Crippen LogP contribution in [0.2, 0.25) is 0 Å². The van der Waals surface area contributed by atoms with Gasteiger partial charge in [0.1, 0.15) is 0 Å². The largest absolute Gasteiger partial charge is 0.416 e. The molecular weight excluding hydrogens is 404 g/mol. The van der Waals surface area contributed by atoms with Crippen molar-refractivity contribution >= 4 is 11.6 Å². The number of nitrogens with one attached hydrogen (secondary N) is 1. The Morgan fingerprint density at radius 2 is 1.48 bits per heavy atom. The maximum absolute atomic E-state index is 12.9. The molecule has 0 saturated heterocycles. The monoisotopic (exact) mass is 415 g/mol. The maximum atomic E-state index is 12.9. The molecule has 1 heterocycles. The number of halogens is 6. The van der Waals surface area contributed by atoms with Crippen molar-refractivity contribution in [3.05, 3.63) is 59.2 Å². The second kappa shape index (κ2) is 7.18. The lowest BCUT2D eigenvalue weighted by atomic mass is 10.0. The smallest absolute Gasteiger partial charge is 0.322 e. The summed E-state index contributed by atoms with van der Waals surface area (Å²) in [7, 11) is 1.61. The maximum Gasteiger partial charge on any atom is 0.416 e. The summed E-state index contributed by atoms with van der Waals surface area (Å²) in [5, 5.41) is 13.2. The molecule has 0 aliphatic carbocycles. The molecule has 6 nitrogen and oxygen atoms in total. The van der Waals surface area contributed by atoms with E-state index in [0.717, 1.165) is 0 Å². The minimum atomic E-state index is -5.04. The molecule has 0 atom stereocenters. The molecule has 0 aliphatic rings. The highest BCUT2D eigenvalue weighted by molar-refractivity contribution is 6.04. The topological polar surface area (TPSA) is 72.7 Å². The fraction of sp³-hybridized carbons (Fsp3) is 0.176. The Bertz CT molecular complexity index is 1010. The Morgan fingerprint density at radius 3 is 1.93 bits per heavy atom. The van der Waals surface area contributed by atoms with Gasteiger partial charge in [-0.05, 0) is 52.9 Å². The Balaban J connectivity index is 1.88. The molecule has 29 heavy (non-hydrogen) atoms. The third-order valence-electron chi connectivity index (χ3n) is 3.87. The SMILES string of the molecule is Cn1nnnc1-c1ccc(NC(=O)c2cc(C(F)(F)F)cc(C(F)(F)F)c2)cc1. The van der Waals surface area contributed by atoms with Crippen LogP contribution in [0.3, 0.4) is 0 Å². The van der Waals surface area contributed by atoms with E-state index in [2.05, 4.69) is 20.8 Å². The van der Waals surface area contributed by atoms with Gasteiger partial charge < -0.3 is 5.32 Å². The fourth-order valence-corrected chi connectivity index (χ4v) is 2.47. The van der Waals surface area contributed by atoms with Crippen LogP contribution in [0.5, 0.6) is 0 Å². The van der Waals surface area contributed by atoms with Crippen molar-refractivity contribution in [3.8, 4) is 11.4 Å². The fourth-order valence-electron chi connectivity index (χ4n) is 2.47. The van der Waals surface area contributed by atoms with Gasteiger partial charge >= 0.3 is 12.4 Å². The number of carbonyl (C=O) groups is 1. The van der Waals surface area contributed by atoms with E-state index in [-0.39, 0.29) is 11.8 Å². The first kappa shape index (κ1) is 20.3. The van der Waals surface area contributed by atoms with Crippen LogP contribution in [0.15, 0.2) is 42.5 Å². The first-order valence-corrected chi connectivity index (χ1v) is 7.89. The number of hydrogen-bond donors (Lipinski definition) is 1. The van der Waals surface area contributed by atoms with E-state index in [1.54, 1.807) is 7.05 Å². The predicted octanol–water partition coefficient (Wildman–Crippen LogP) is 4.17. The van der Waals surface area contributed by atoms with Crippen molar-refractivity contribution in [2.24, 2.45) is 7.05 Å². The summed E-state index contributed by atoms with van der Waals surface area (Å²) in [5.74, 6) is -0.690. The number of rotatable bonds is 3. The van der Waals surface area contributed by atoms with Crippen LogP contribution in [0, 0.1) is 0 Å². The Hall–Kier alpha value is -3.44. The zero-order valence-corrected chi connectivity index (χ0v) is 14.5. The van der Waals surface area contributed by atoms with Gasteiger partial charge in [-0.3, -0.25) is 4.79 Å². The Morgan fingerprint density at radius 1 is 0.931 bits per heavy atom. The van der Waals surface area contributed by atoms with Crippen molar-refractivity contribution in [1.82, 2.24) is 20.2 Å².